The Labute approximate surface area is 155 Å². The molecule has 6 nitrogen and oxygen atoms in total. The summed E-state index contributed by atoms with van der Waals surface area (Å²) in [4.78, 5) is 0. The van der Waals surface area contributed by atoms with Gasteiger partial charge in [-0.1, -0.05) is 26.2 Å². The second-order valence-corrected chi connectivity index (χ2v) is 8.36. The second-order valence-electron chi connectivity index (χ2n) is 5.63. The van der Waals surface area contributed by atoms with Crippen molar-refractivity contribution < 1.29 is 27.5 Å². The largest absolute Gasteiger partial charge is 0.501 e. The molecule has 0 aromatic rings. The summed E-state index contributed by atoms with van der Waals surface area (Å²) < 4.78 is 34.6. The van der Waals surface area contributed by atoms with Gasteiger partial charge in [-0.2, -0.15) is 0 Å². The first-order valence-electron chi connectivity index (χ1n) is 9.89. The molecule has 152 valence electrons. The van der Waals surface area contributed by atoms with Crippen LogP contribution in [0.4, 0.5) is 0 Å². The zero-order valence-electron chi connectivity index (χ0n) is 16.8. The molecule has 0 radical (unpaired) electrons. The predicted octanol–water partition coefficient (Wildman–Crippen LogP) is 3.66. The lowest BCUT2D eigenvalue weighted by Gasteiger charge is -2.30. The lowest BCUT2D eigenvalue weighted by atomic mass is 10.2. The van der Waals surface area contributed by atoms with Crippen molar-refractivity contribution >= 4 is 8.80 Å². The van der Waals surface area contributed by atoms with E-state index in [-0.39, 0.29) is 0 Å². The number of ether oxygens (including phenoxy) is 3. The molecule has 0 rings (SSSR count). The zero-order valence-corrected chi connectivity index (χ0v) is 17.8. The summed E-state index contributed by atoms with van der Waals surface area (Å²) in [5, 5.41) is 0. The van der Waals surface area contributed by atoms with Gasteiger partial charge in [-0.15, -0.1) is 0 Å². The van der Waals surface area contributed by atoms with Crippen LogP contribution >= 0.6 is 0 Å². The van der Waals surface area contributed by atoms with E-state index in [2.05, 4.69) is 6.92 Å². The minimum Gasteiger partial charge on any atom is -0.379 e. The summed E-state index contributed by atoms with van der Waals surface area (Å²) in [6.07, 6.45) is 4.65. The normalized spacial score (nSPS) is 12.0. The van der Waals surface area contributed by atoms with E-state index < -0.39 is 8.80 Å². The van der Waals surface area contributed by atoms with Gasteiger partial charge in [0.05, 0.1) is 39.6 Å². The molecule has 0 N–H and O–H groups in total. The lowest BCUT2D eigenvalue weighted by Crippen LogP contribution is -2.48. The van der Waals surface area contributed by atoms with E-state index in [1.165, 1.54) is 19.3 Å². The van der Waals surface area contributed by atoms with Crippen LogP contribution in [-0.4, -0.2) is 68.3 Å². The molecule has 0 fully saturated rings. The second kappa shape index (κ2) is 18.8. The molecule has 0 atom stereocenters. The summed E-state index contributed by atoms with van der Waals surface area (Å²) in [5.74, 6) is 0. The molecular weight excluding hydrogens is 340 g/mol. The Morgan fingerprint density at radius 3 is 1.32 bits per heavy atom. The molecule has 0 aliphatic heterocycles. The van der Waals surface area contributed by atoms with Crippen LogP contribution in [0.2, 0.25) is 6.04 Å². The first kappa shape index (κ1) is 25.0. The van der Waals surface area contributed by atoms with E-state index in [1.54, 1.807) is 0 Å². The smallest absolute Gasteiger partial charge is 0.379 e. The maximum absolute atomic E-state index is 6.13. The van der Waals surface area contributed by atoms with E-state index in [0.717, 1.165) is 12.5 Å². The fourth-order valence-electron chi connectivity index (χ4n) is 2.31. The third kappa shape index (κ3) is 14.8. The highest BCUT2D eigenvalue weighted by Gasteiger charge is 2.40. The highest BCUT2D eigenvalue weighted by atomic mass is 28.4. The molecule has 0 unspecified atom stereocenters. The number of rotatable bonds is 20. The first-order valence-corrected chi connectivity index (χ1v) is 11.8. The Balaban J connectivity index is 4.62. The van der Waals surface area contributed by atoms with Crippen LogP contribution in [0.5, 0.6) is 0 Å². The quantitative estimate of drug-likeness (QED) is 0.237. The topological polar surface area (TPSA) is 55.4 Å². The van der Waals surface area contributed by atoms with Gasteiger partial charge in [0.25, 0.3) is 0 Å². The number of unbranched alkanes of at least 4 members (excludes halogenated alkanes) is 3. The van der Waals surface area contributed by atoms with Gasteiger partial charge in [0, 0.05) is 25.9 Å². The lowest BCUT2D eigenvalue weighted by molar-refractivity contribution is 0.00318. The fraction of sp³-hybridized carbons (Fsp3) is 1.00. The molecule has 0 aromatic carbocycles. The Morgan fingerprint density at radius 1 is 0.520 bits per heavy atom. The van der Waals surface area contributed by atoms with Crippen molar-refractivity contribution in [2.24, 2.45) is 0 Å². The van der Waals surface area contributed by atoms with Gasteiger partial charge in [-0.25, -0.2) is 0 Å². The van der Waals surface area contributed by atoms with Gasteiger partial charge in [0.1, 0.15) is 0 Å². The van der Waals surface area contributed by atoms with Crippen LogP contribution < -0.4 is 0 Å². The van der Waals surface area contributed by atoms with Gasteiger partial charge in [-0.3, -0.25) is 0 Å². The average Bonchev–Trinajstić information content (AvgIpc) is 2.63. The standard InChI is InChI=1S/C18H40O6Si/c1-5-9-10-11-18-25(22-15-12-19-6-2,23-16-13-20-7-3)24-17-14-21-8-4/h5-18H2,1-4H3. The van der Waals surface area contributed by atoms with Crippen molar-refractivity contribution in [1.82, 2.24) is 0 Å². The van der Waals surface area contributed by atoms with Crippen LogP contribution in [-0.2, 0) is 27.5 Å². The summed E-state index contributed by atoms with van der Waals surface area (Å²) >= 11 is 0. The molecule has 0 aromatic heterocycles. The van der Waals surface area contributed by atoms with Gasteiger partial charge in [0.15, 0.2) is 0 Å². The van der Waals surface area contributed by atoms with Crippen molar-refractivity contribution in [2.75, 3.05) is 59.5 Å². The third-order valence-corrected chi connectivity index (χ3v) is 6.50. The molecule has 0 spiro atoms. The molecule has 0 aliphatic carbocycles. The molecule has 0 amide bonds. The Bertz CT molecular complexity index is 214. The van der Waals surface area contributed by atoms with Gasteiger partial charge < -0.3 is 27.5 Å². The maximum atomic E-state index is 6.13. The van der Waals surface area contributed by atoms with Gasteiger partial charge >= 0.3 is 8.80 Å². The Hall–Kier alpha value is -0.0231. The molecule has 0 bridgehead atoms. The molecule has 0 saturated carbocycles. The van der Waals surface area contributed by atoms with Crippen molar-refractivity contribution in [2.45, 2.75) is 59.4 Å². The minimum atomic E-state index is -2.74. The van der Waals surface area contributed by atoms with Crippen LogP contribution in [0.25, 0.3) is 0 Å². The molecule has 25 heavy (non-hydrogen) atoms. The zero-order chi connectivity index (χ0) is 18.6. The summed E-state index contributed by atoms with van der Waals surface area (Å²) in [6.45, 7) is 13.4. The average molecular weight is 381 g/mol. The van der Waals surface area contributed by atoms with E-state index in [4.69, 9.17) is 27.5 Å². The van der Waals surface area contributed by atoms with Crippen LogP contribution in [0.3, 0.4) is 0 Å². The van der Waals surface area contributed by atoms with Crippen molar-refractivity contribution in [1.29, 1.82) is 0 Å². The Morgan fingerprint density at radius 2 is 0.960 bits per heavy atom. The van der Waals surface area contributed by atoms with Crippen LogP contribution in [0.1, 0.15) is 53.4 Å². The van der Waals surface area contributed by atoms with Crippen molar-refractivity contribution in [3.63, 3.8) is 0 Å². The number of hydrogen-bond donors (Lipinski definition) is 0. The SMILES string of the molecule is CCCCCC[Si](OCCOCC)(OCCOCC)OCCOCC. The van der Waals surface area contributed by atoms with E-state index in [1.807, 2.05) is 20.8 Å². The molecular formula is C18H40O6Si. The van der Waals surface area contributed by atoms with Crippen LogP contribution in [0.15, 0.2) is 0 Å². The summed E-state index contributed by atoms with van der Waals surface area (Å²) in [6, 6.07) is 0.831. The van der Waals surface area contributed by atoms with E-state index in [0.29, 0.717) is 59.5 Å². The van der Waals surface area contributed by atoms with Crippen LogP contribution in [0, 0.1) is 0 Å². The van der Waals surface area contributed by atoms with Gasteiger partial charge in [0.2, 0.25) is 0 Å². The minimum absolute atomic E-state index is 0.497. The van der Waals surface area contributed by atoms with E-state index in [9.17, 15) is 0 Å². The maximum Gasteiger partial charge on any atom is 0.501 e. The molecule has 0 aliphatic rings. The predicted molar refractivity (Wildman–Crippen MR) is 102 cm³/mol. The third-order valence-electron chi connectivity index (χ3n) is 3.60. The fourth-order valence-corrected chi connectivity index (χ4v) is 4.86. The molecule has 0 heterocycles. The highest BCUT2D eigenvalue weighted by Crippen LogP contribution is 2.20. The summed E-state index contributed by atoms with van der Waals surface area (Å²) in [7, 11) is -2.74. The van der Waals surface area contributed by atoms with Crippen molar-refractivity contribution in [3.05, 3.63) is 0 Å². The van der Waals surface area contributed by atoms with E-state index >= 15 is 0 Å². The highest BCUT2D eigenvalue weighted by molar-refractivity contribution is 6.60. The number of hydrogen-bond acceptors (Lipinski definition) is 6. The van der Waals surface area contributed by atoms with Gasteiger partial charge in [-0.05, 0) is 27.2 Å². The van der Waals surface area contributed by atoms with Crippen molar-refractivity contribution in [3.8, 4) is 0 Å². The Kier molecular flexibility index (Phi) is 18.7. The molecule has 0 saturated heterocycles. The first-order chi connectivity index (χ1) is 12.2. The summed E-state index contributed by atoms with van der Waals surface area (Å²) in [5.41, 5.74) is 0. The monoisotopic (exact) mass is 380 g/mol. The molecule has 7 heteroatoms.